The third-order valence-electron chi connectivity index (χ3n) is 1.49. The normalized spacial score (nSPS) is 9.42. The number of carbonyl (C=O) groups is 1. The van der Waals surface area contributed by atoms with E-state index in [9.17, 15) is 4.79 Å². The molecule has 1 N–H and O–H groups in total. The van der Waals surface area contributed by atoms with Gasteiger partial charge in [0.25, 0.3) is 0 Å². The largest absolute Gasteiger partial charge is 0.478 e. The van der Waals surface area contributed by atoms with Crippen LogP contribution in [0.25, 0.3) is 6.08 Å². The molecular weight excluding hydrogens is 220 g/mol. The molecule has 12 heavy (non-hydrogen) atoms. The smallest absolute Gasteiger partial charge is 0.336 e. The fourth-order valence-electron chi connectivity index (χ4n) is 0.931. The van der Waals surface area contributed by atoms with Crippen molar-refractivity contribution in [3.8, 4) is 0 Å². The molecule has 0 unspecified atom stereocenters. The molecule has 0 saturated heterocycles. The molecule has 0 fully saturated rings. The molecule has 0 aliphatic heterocycles. The van der Waals surface area contributed by atoms with Gasteiger partial charge < -0.3 is 5.11 Å². The zero-order valence-electron chi connectivity index (χ0n) is 6.25. The summed E-state index contributed by atoms with van der Waals surface area (Å²) in [5.74, 6) is -0.939. The monoisotopic (exact) mass is 226 g/mol. The zero-order valence-corrected chi connectivity index (χ0v) is 7.84. The van der Waals surface area contributed by atoms with Gasteiger partial charge >= 0.3 is 5.97 Å². The predicted molar refractivity (Wildman–Crippen MR) is 51.2 cm³/mol. The zero-order chi connectivity index (χ0) is 9.14. The summed E-state index contributed by atoms with van der Waals surface area (Å²) >= 11 is 3.24. The van der Waals surface area contributed by atoms with Crippen LogP contribution >= 0.6 is 15.9 Å². The fourth-order valence-corrected chi connectivity index (χ4v) is 1.46. The quantitative estimate of drug-likeness (QED) is 0.843. The van der Waals surface area contributed by atoms with Gasteiger partial charge in [-0.3, -0.25) is 0 Å². The van der Waals surface area contributed by atoms with Gasteiger partial charge in [-0.25, -0.2) is 4.79 Å². The lowest BCUT2D eigenvalue weighted by Gasteiger charge is -2.01. The summed E-state index contributed by atoms with van der Waals surface area (Å²) in [4.78, 5) is 10.7. The molecule has 1 aromatic carbocycles. The number of carboxylic acid groups (broad SMARTS) is 1. The molecule has 2 nitrogen and oxygen atoms in total. The summed E-state index contributed by atoms with van der Waals surface area (Å²) in [6, 6.07) is 5.01. The second-order valence-corrected chi connectivity index (χ2v) is 3.06. The molecule has 1 rings (SSSR count). The molecule has 0 saturated carbocycles. The predicted octanol–water partition coefficient (Wildman–Crippen LogP) is 2.79. The van der Waals surface area contributed by atoms with Crippen molar-refractivity contribution in [2.75, 3.05) is 0 Å². The summed E-state index contributed by atoms with van der Waals surface area (Å²) in [6.07, 6.45) is 1.52. The first-order chi connectivity index (χ1) is 5.66. The van der Waals surface area contributed by atoms with Gasteiger partial charge in [0.2, 0.25) is 0 Å². The van der Waals surface area contributed by atoms with Crippen molar-refractivity contribution in [3.05, 3.63) is 40.4 Å². The topological polar surface area (TPSA) is 37.3 Å². The van der Waals surface area contributed by atoms with Crippen LogP contribution in [0.4, 0.5) is 0 Å². The highest BCUT2D eigenvalue weighted by Crippen LogP contribution is 2.21. The maximum atomic E-state index is 10.7. The Morgan fingerprint density at radius 2 is 2.25 bits per heavy atom. The van der Waals surface area contributed by atoms with Crippen molar-refractivity contribution in [2.45, 2.75) is 0 Å². The number of hydrogen-bond acceptors (Lipinski definition) is 1. The summed E-state index contributed by atoms with van der Waals surface area (Å²) in [5, 5.41) is 8.75. The van der Waals surface area contributed by atoms with Crippen molar-refractivity contribution in [1.82, 2.24) is 0 Å². The van der Waals surface area contributed by atoms with E-state index in [0.29, 0.717) is 5.56 Å². The van der Waals surface area contributed by atoms with Gasteiger partial charge in [-0.15, -0.1) is 0 Å². The highest BCUT2D eigenvalue weighted by atomic mass is 79.9. The van der Waals surface area contributed by atoms with E-state index in [1.807, 2.05) is 0 Å². The minimum absolute atomic E-state index is 0.263. The SMILES string of the molecule is C=Cc1c(Br)cccc1C(=O)O. The Morgan fingerprint density at radius 1 is 1.58 bits per heavy atom. The molecule has 0 aliphatic carbocycles. The van der Waals surface area contributed by atoms with E-state index in [2.05, 4.69) is 22.5 Å². The van der Waals surface area contributed by atoms with Gasteiger partial charge in [-0.05, 0) is 12.1 Å². The van der Waals surface area contributed by atoms with Crippen LogP contribution in [0.3, 0.4) is 0 Å². The number of carboxylic acids is 1. The lowest BCUT2D eigenvalue weighted by atomic mass is 10.1. The molecule has 0 spiro atoms. The molecule has 0 atom stereocenters. The molecule has 0 bridgehead atoms. The molecule has 3 heteroatoms. The molecule has 0 heterocycles. The first-order valence-corrected chi connectivity index (χ1v) is 4.10. The molecule has 0 aliphatic rings. The van der Waals surface area contributed by atoms with E-state index in [1.165, 1.54) is 6.08 Å². The third-order valence-corrected chi connectivity index (χ3v) is 2.18. The van der Waals surface area contributed by atoms with Crippen molar-refractivity contribution >= 4 is 28.0 Å². The van der Waals surface area contributed by atoms with Gasteiger partial charge in [0.1, 0.15) is 0 Å². The van der Waals surface area contributed by atoms with E-state index in [4.69, 9.17) is 5.11 Å². The number of hydrogen-bond donors (Lipinski definition) is 1. The molecule has 0 aromatic heterocycles. The first-order valence-electron chi connectivity index (χ1n) is 3.31. The summed E-state index contributed by atoms with van der Waals surface area (Å²) < 4.78 is 0.748. The van der Waals surface area contributed by atoms with Gasteiger partial charge in [-0.2, -0.15) is 0 Å². The van der Waals surface area contributed by atoms with Crippen LogP contribution in [0.15, 0.2) is 29.3 Å². The van der Waals surface area contributed by atoms with Crippen LogP contribution in [-0.4, -0.2) is 11.1 Å². The van der Waals surface area contributed by atoms with E-state index >= 15 is 0 Å². The van der Waals surface area contributed by atoms with Crippen molar-refractivity contribution in [3.63, 3.8) is 0 Å². The lowest BCUT2D eigenvalue weighted by molar-refractivity contribution is 0.0696. The Morgan fingerprint density at radius 3 is 2.67 bits per heavy atom. The van der Waals surface area contributed by atoms with Crippen LogP contribution in [0.1, 0.15) is 15.9 Å². The average Bonchev–Trinajstić information content (AvgIpc) is 2.03. The van der Waals surface area contributed by atoms with Crippen LogP contribution < -0.4 is 0 Å². The Kier molecular flexibility index (Phi) is 2.65. The van der Waals surface area contributed by atoms with E-state index in [-0.39, 0.29) is 5.56 Å². The molecule has 1 aromatic rings. The van der Waals surface area contributed by atoms with E-state index in [1.54, 1.807) is 18.2 Å². The summed E-state index contributed by atoms with van der Waals surface area (Å²) in [7, 11) is 0. The second-order valence-electron chi connectivity index (χ2n) is 2.21. The number of aromatic carboxylic acids is 1. The standard InChI is InChI=1S/C9H7BrO2/c1-2-6-7(9(11)12)4-3-5-8(6)10/h2-5H,1H2,(H,11,12). The average molecular weight is 227 g/mol. The fraction of sp³-hybridized carbons (Fsp3) is 0. The van der Waals surface area contributed by atoms with Gasteiger partial charge in [0.05, 0.1) is 5.56 Å². The summed E-state index contributed by atoms with van der Waals surface area (Å²) in [5.41, 5.74) is 0.879. The van der Waals surface area contributed by atoms with Crippen molar-refractivity contribution < 1.29 is 9.90 Å². The minimum atomic E-state index is -0.939. The van der Waals surface area contributed by atoms with Crippen molar-refractivity contribution in [1.29, 1.82) is 0 Å². The first kappa shape index (κ1) is 9.00. The number of rotatable bonds is 2. The minimum Gasteiger partial charge on any atom is -0.478 e. The Bertz CT molecular complexity index is 331. The number of halogens is 1. The number of benzene rings is 1. The molecular formula is C9H7BrO2. The van der Waals surface area contributed by atoms with Gasteiger partial charge in [0, 0.05) is 10.0 Å². The van der Waals surface area contributed by atoms with Gasteiger partial charge in [0.15, 0.2) is 0 Å². The van der Waals surface area contributed by atoms with E-state index in [0.717, 1.165) is 4.47 Å². The highest BCUT2D eigenvalue weighted by Gasteiger charge is 2.08. The van der Waals surface area contributed by atoms with Crippen LogP contribution in [0.2, 0.25) is 0 Å². The van der Waals surface area contributed by atoms with Crippen LogP contribution in [0.5, 0.6) is 0 Å². The van der Waals surface area contributed by atoms with Crippen LogP contribution in [0, 0.1) is 0 Å². The third kappa shape index (κ3) is 1.56. The Balaban J connectivity index is 3.37. The van der Waals surface area contributed by atoms with Gasteiger partial charge in [-0.1, -0.05) is 34.7 Å². The maximum absolute atomic E-state index is 10.7. The molecule has 62 valence electrons. The lowest BCUT2D eigenvalue weighted by Crippen LogP contribution is -1.99. The highest BCUT2D eigenvalue weighted by molar-refractivity contribution is 9.10. The van der Waals surface area contributed by atoms with Crippen LogP contribution in [-0.2, 0) is 0 Å². The Hall–Kier alpha value is -1.09. The van der Waals surface area contributed by atoms with E-state index < -0.39 is 5.97 Å². The van der Waals surface area contributed by atoms with Crippen molar-refractivity contribution in [2.24, 2.45) is 0 Å². The Labute approximate surface area is 78.7 Å². The maximum Gasteiger partial charge on any atom is 0.336 e. The molecule has 0 radical (unpaired) electrons. The summed E-state index contributed by atoms with van der Waals surface area (Å²) in [6.45, 7) is 3.54. The second kappa shape index (κ2) is 3.54. The molecule has 0 amide bonds.